The van der Waals surface area contributed by atoms with Crippen molar-refractivity contribution in [3.8, 4) is 0 Å². The number of nitrogens with two attached hydrogens (primary N) is 2. The van der Waals surface area contributed by atoms with Crippen molar-refractivity contribution in [3.63, 3.8) is 0 Å². The first-order chi connectivity index (χ1) is 14.2. The number of aldehydes is 1. The van der Waals surface area contributed by atoms with Crippen LogP contribution in [0.2, 0.25) is 0 Å². The molecule has 0 aromatic carbocycles. The third-order valence-electron chi connectivity index (χ3n) is 4.62. The summed E-state index contributed by atoms with van der Waals surface area (Å²) in [6, 6.07) is 3.62. The van der Waals surface area contributed by atoms with Gasteiger partial charge in [0.1, 0.15) is 17.8 Å². The largest absolute Gasteiger partial charge is 0.398 e. The minimum atomic E-state index is -0.399. The van der Waals surface area contributed by atoms with Crippen LogP contribution < -0.4 is 16.8 Å². The molecule has 9 heteroatoms. The van der Waals surface area contributed by atoms with E-state index >= 15 is 0 Å². The summed E-state index contributed by atoms with van der Waals surface area (Å²) in [6.45, 7) is 2.25. The van der Waals surface area contributed by atoms with Crippen molar-refractivity contribution in [2.75, 3.05) is 27.2 Å². The molecule has 0 fully saturated rings. The first-order valence-electron chi connectivity index (χ1n) is 9.54. The molecule has 2 rings (SSSR count). The lowest BCUT2D eigenvalue weighted by Crippen LogP contribution is -2.44. The van der Waals surface area contributed by atoms with Gasteiger partial charge in [-0.15, -0.1) is 0 Å². The molecule has 1 aromatic heterocycles. The Morgan fingerprint density at radius 1 is 1.30 bits per heavy atom. The van der Waals surface area contributed by atoms with Gasteiger partial charge in [0.2, 0.25) is 5.91 Å². The molecule has 1 aromatic rings. The molecular formula is C21H28N6O3. The third-order valence-corrected chi connectivity index (χ3v) is 4.62. The van der Waals surface area contributed by atoms with Crippen molar-refractivity contribution in [1.29, 1.82) is 0 Å². The molecule has 1 aliphatic heterocycles. The lowest BCUT2D eigenvalue weighted by atomic mass is 10.0. The summed E-state index contributed by atoms with van der Waals surface area (Å²) in [4.78, 5) is 43.5. The van der Waals surface area contributed by atoms with Gasteiger partial charge in [-0.05, 0) is 44.1 Å². The number of rotatable bonds is 7. The molecule has 160 valence electrons. The van der Waals surface area contributed by atoms with Gasteiger partial charge in [0.15, 0.2) is 0 Å². The van der Waals surface area contributed by atoms with Crippen molar-refractivity contribution in [2.45, 2.75) is 19.8 Å². The Hall–Kier alpha value is -3.62. The molecular weight excluding hydrogens is 384 g/mol. The van der Waals surface area contributed by atoms with E-state index in [4.69, 9.17) is 11.5 Å². The molecule has 30 heavy (non-hydrogen) atoms. The highest BCUT2D eigenvalue weighted by molar-refractivity contribution is 5.99. The second-order valence-corrected chi connectivity index (χ2v) is 7.14. The molecule has 0 aliphatic carbocycles. The molecule has 0 spiro atoms. The molecule has 0 saturated carbocycles. The zero-order valence-corrected chi connectivity index (χ0v) is 17.5. The van der Waals surface area contributed by atoms with Gasteiger partial charge >= 0.3 is 0 Å². The summed E-state index contributed by atoms with van der Waals surface area (Å²) in [6.07, 6.45) is 6.64. The number of allylic oxidation sites excluding steroid dienone is 3. The van der Waals surface area contributed by atoms with E-state index < -0.39 is 5.91 Å². The predicted octanol–water partition coefficient (Wildman–Crippen LogP) is 0.243. The summed E-state index contributed by atoms with van der Waals surface area (Å²) in [5.41, 5.74) is 14.6. The fourth-order valence-electron chi connectivity index (χ4n) is 3.13. The normalized spacial score (nSPS) is 15.1. The molecule has 1 aliphatic rings. The number of aromatic nitrogens is 1. The minimum absolute atomic E-state index is 0.0955. The first-order valence-corrected chi connectivity index (χ1v) is 9.54. The van der Waals surface area contributed by atoms with Crippen molar-refractivity contribution in [3.05, 3.63) is 58.8 Å². The predicted molar refractivity (Wildman–Crippen MR) is 114 cm³/mol. The van der Waals surface area contributed by atoms with Crippen LogP contribution in [0.1, 0.15) is 24.1 Å². The number of aryl methyl sites for hydroxylation is 1. The van der Waals surface area contributed by atoms with Gasteiger partial charge in [0, 0.05) is 49.4 Å². The van der Waals surface area contributed by atoms with E-state index in [0.717, 1.165) is 11.3 Å². The molecule has 2 heterocycles. The molecule has 0 unspecified atom stereocenters. The number of nitrogens with zero attached hydrogens (tertiary/aromatic N) is 3. The smallest absolute Gasteiger partial charge is 0.270 e. The topological polar surface area (TPSA) is 135 Å². The Labute approximate surface area is 176 Å². The van der Waals surface area contributed by atoms with Gasteiger partial charge < -0.3 is 26.6 Å². The quantitative estimate of drug-likeness (QED) is 0.431. The summed E-state index contributed by atoms with van der Waals surface area (Å²) in [5, 5.41) is 2.58. The minimum Gasteiger partial charge on any atom is -0.398 e. The lowest BCUT2D eigenvalue weighted by Gasteiger charge is -2.32. The molecule has 0 atom stereocenters. The van der Waals surface area contributed by atoms with Gasteiger partial charge in [-0.3, -0.25) is 19.4 Å². The van der Waals surface area contributed by atoms with Crippen LogP contribution in [0.15, 0.2) is 47.6 Å². The van der Waals surface area contributed by atoms with E-state index in [2.05, 4.69) is 10.3 Å². The fraction of sp³-hybridized carbons (Fsp3) is 0.333. The number of carbonyl (C=O) groups excluding carboxylic acids is 3. The second kappa shape index (κ2) is 10.2. The summed E-state index contributed by atoms with van der Waals surface area (Å²) >= 11 is 0. The van der Waals surface area contributed by atoms with Crippen molar-refractivity contribution in [2.24, 2.45) is 11.5 Å². The van der Waals surface area contributed by atoms with E-state index in [0.29, 0.717) is 36.9 Å². The first kappa shape index (κ1) is 22.7. The molecule has 0 radical (unpaired) electrons. The fourth-order valence-corrected chi connectivity index (χ4v) is 3.13. The van der Waals surface area contributed by atoms with Crippen LogP contribution in [0, 0.1) is 6.92 Å². The molecule has 0 bridgehead atoms. The van der Waals surface area contributed by atoms with Crippen molar-refractivity contribution in [1.82, 2.24) is 20.1 Å². The number of carbonyl (C=O) groups is 3. The highest BCUT2D eigenvalue weighted by Gasteiger charge is 2.28. The maximum atomic E-state index is 12.5. The van der Waals surface area contributed by atoms with Gasteiger partial charge in [0.05, 0.1) is 6.54 Å². The Bertz CT molecular complexity index is 917. The van der Waals surface area contributed by atoms with Gasteiger partial charge in [-0.1, -0.05) is 0 Å². The standard InChI is InChI=1S/C21H28N6O3/c1-14-16(7-4-10-24-14)17(22)8-9-18(23)25-19(29)12-27-11-5-6-15(13-28)20(27)21(30)26(2)3/h4,7-10,13H,5-6,11-12,22-23H2,1-3H3,(H,25,29)/b17-8-,18-9+. The molecule has 0 saturated heterocycles. The van der Waals surface area contributed by atoms with Crippen LogP contribution in [0.4, 0.5) is 0 Å². The number of hydrogen-bond acceptors (Lipinski definition) is 7. The SMILES string of the molecule is Cc1ncccc1/C(N)=C/C=C(\N)NC(=O)CN1CCCC(C=O)=C1C(=O)N(C)C. The summed E-state index contributed by atoms with van der Waals surface area (Å²) < 4.78 is 0. The van der Waals surface area contributed by atoms with Crippen molar-refractivity contribution >= 4 is 23.8 Å². The number of pyridine rings is 1. The van der Waals surface area contributed by atoms with E-state index in [9.17, 15) is 14.4 Å². The van der Waals surface area contributed by atoms with Gasteiger partial charge in [-0.2, -0.15) is 0 Å². The van der Waals surface area contributed by atoms with Gasteiger partial charge in [-0.25, -0.2) is 0 Å². The van der Waals surface area contributed by atoms with E-state index in [1.807, 2.05) is 13.0 Å². The number of likely N-dealkylation sites (N-methyl/N-ethyl adjacent to an activating group) is 1. The summed E-state index contributed by atoms with van der Waals surface area (Å²) in [7, 11) is 3.21. The van der Waals surface area contributed by atoms with E-state index in [1.54, 1.807) is 37.3 Å². The number of nitrogens with one attached hydrogen (secondary N) is 1. The maximum absolute atomic E-state index is 12.5. The second-order valence-electron chi connectivity index (χ2n) is 7.14. The number of hydrogen-bond donors (Lipinski definition) is 3. The maximum Gasteiger partial charge on any atom is 0.270 e. The van der Waals surface area contributed by atoms with E-state index in [1.165, 1.54) is 11.0 Å². The Balaban J connectivity index is 2.09. The average Bonchev–Trinajstić information content (AvgIpc) is 2.71. The third kappa shape index (κ3) is 5.69. The zero-order chi connectivity index (χ0) is 22.3. The van der Waals surface area contributed by atoms with Crippen LogP contribution in [0.25, 0.3) is 5.70 Å². The van der Waals surface area contributed by atoms with Crippen LogP contribution in [0.5, 0.6) is 0 Å². The molecule has 5 N–H and O–H groups in total. The Morgan fingerprint density at radius 2 is 2.03 bits per heavy atom. The van der Waals surface area contributed by atoms with E-state index in [-0.39, 0.29) is 24.0 Å². The average molecular weight is 412 g/mol. The van der Waals surface area contributed by atoms with Crippen LogP contribution in [0.3, 0.4) is 0 Å². The van der Waals surface area contributed by atoms with Crippen LogP contribution in [-0.4, -0.2) is 60.1 Å². The highest BCUT2D eigenvalue weighted by atomic mass is 16.2. The Morgan fingerprint density at radius 3 is 2.67 bits per heavy atom. The van der Waals surface area contributed by atoms with Crippen molar-refractivity contribution < 1.29 is 14.4 Å². The zero-order valence-electron chi connectivity index (χ0n) is 17.5. The monoisotopic (exact) mass is 412 g/mol. The highest BCUT2D eigenvalue weighted by Crippen LogP contribution is 2.22. The van der Waals surface area contributed by atoms with Crippen LogP contribution >= 0.6 is 0 Å². The molecule has 9 nitrogen and oxygen atoms in total. The Kier molecular flexibility index (Phi) is 7.74. The summed E-state index contributed by atoms with van der Waals surface area (Å²) in [5.74, 6) is -0.596. The number of amides is 2. The lowest BCUT2D eigenvalue weighted by molar-refractivity contribution is -0.127. The molecule has 2 amide bonds. The van der Waals surface area contributed by atoms with Gasteiger partial charge in [0.25, 0.3) is 5.91 Å². The van der Waals surface area contributed by atoms with Crippen LogP contribution in [-0.2, 0) is 14.4 Å².